The van der Waals surface area contributed by atoms with Crippen molar-refractivity contribution >= 4 is 35.8 Å². The van der Waals surface area contributed by atoms with Crippen LogP contribution in [0, 0.1) is 0 Å². The van der Waals surface area contributed by atoms with E-state index in [0.717, 1.165) is 26.1 Å². The lowest BCUT2D eigenvalue weighted by atomic mass is 10.0. The lowest BCUT2D eigenvalue weighted by Crippen LogP contribution is -2.43. The minimum atomic E-state index is -0.219. The fourth-order valence-corrected chi connectivity index (χ4v) is 2.93. The molecule has 0 spiro atoms. The third-order valence-electron chi connectivity index (χ3n) is 4.09. The standard InChI is InChI=1S/C18H37N5O.HI/c1-6-19-17(21-14-16(24)22-18(3,4)5)20-11-9-13-23-12-8-7-10-15(23)2;/h15H,6-14H2,1-5H3,(H,22,24)(H2,19,20,21);1H. The molecule has 1 amide bonds. The number of amides is 1. The van der Waals surface area contributed by atoms with Gasteiger partial charge in [-0.25, -0.2) is 4.99 Å². The van der Waals surface area contributed by atoms with Crippen LogP contribution in [0.5, 0.6) is 0 Å². The summed E-state index contributed by atoms with van der Waals surface area (Å²) in [6.45, 7) is 14.4. The van der Waals surface area contributed by atoms with Crippen molar-refractivity contribution < 1.29 is 4.79 Å². The second-order valence-electron chi connectivity index (χ2n) is 7.65. The molecule has 6 nitrogen and oxygen atoms in total. The molecule has 0 aliphatic carbocycles. The molecule has 148 valence electrons. The number of halogens is 1. The van der Waals surface area contributed by atoms with Gasteiger partial charge in [-0.3, -0.25) is 4.79 Å². The maximum Gasteiger partial charge on any atom is 0.242 e. The van der Waals surface area contributed by atoms with Crippen LogP contribution in [0.4, 0.5) is 0 Å². The van der Waals surface area contributed by atoms with Crippen LogP contribution < -0.4 is 16.0 Å². The van der Waals surface area contributed by atoms with Crippen LogP contribution >= 0.6 is 24.0 Å². The van der Waals surface area contributed by atoms with E-state index in [1.165, 1.54) is 25.8 Å². The second-order valence-corrected chi connectivity index (χ2v) is 7.65. The number of carbonyl (C=O) groups excluding carboxylic acids is 1. The first kappa shape index (κ1) is 24.4. The molecule has 7 heteroatoms. The Hall–Kier alpha value is -0.570. The van der Waals surface area contributed by atoms with Gasteiger partial charge in [-0.1, -0.05) is 6.42 Å². The van der Waals surface area contributed by atoms with E-state index in [4.69, 9.17) is 0 Å². The average Bonchev–Trinajstić information content (AvgIpc) is 2.49. The van der Waals surface area contributed by atoms with Crippen LogP contribution in [0.2, 0.25) is 0 Å². The number of nitrogens with zero attached hydrogens (tertiary/aromatic N) is 2. The normalized spacial score (nSPS) is 19.1. The van der Waals surface area contributed by atoms with Gasteiger partial charge in [0, 0.05) is 31.2 Å². The van der Waals surface area contributed by atoms with Crippen molar-refractivity contribution in [2.24, 2.45) is 4.99 Å². The molecule has 1 aliphatic rings. The number of guanidine groups is 1. The first-order valence-corrected chi connectivity index (χ1v) is 9.39. The number of aliphatic imine (C=N–C) groups is 1. The van der Waals surface area contributed by atoms with Crippen molar-refractivity contribution in [3.63, 3.8) is 0 Å². The zero-order chi connectivity index (χ0) is 18.0. The molecule has 0 aromatic rings. The maximum absolute atomic E-state index is 11.9. The zero-order valence-corrected chi connectivity index (χ0v) is 19.0. The van der Waals surface area contributed by atoms with Crippen LogP contribution in [-0.4, -0.2) is 61.1 Å². The average molecular weight is 467 g/mol. The molecule has 25 heavy (non-hydrogen) atoms. The minimum absolute atomic E-state index is 0. The highest BCUT2D eigenvalue weighted by Crippen LogP contribution is 2.15. The summed E-state index contributed by atoms with van der Waals surface area (Å²) in [4.78, 5) is 18.8. The number of nitrogens with one attached hydrogen (secondary N) is 3. The van der Waals surface area contributed by atoms with Gasteiger partial charge in [0.05, 0.1) is 0 Å². The van der Waals surface area contributed by atoms with Gasteiger partial charge in [0.2, 0.25) is 5.91 Å². The molecular formula is C18H38IN5O. The zero-order valence-electron chi connectivity index (χ0n) is 16.7. The van der Waals surface area contributed by atoms with Crippen molar-refractivity contribution in [3.8, 4) is 0 Å². The Morgan fingerprint density at radius 3 is 2.56 bits per heavy atom. The van der Waals surface area contributed by atoms with E-state index in [1.807, 2.05) is 27.7 Å². The molecule has 3 N–H and O–H groups in total. The molecule has 1 unspecified atom stereocenters. The predicted molar refractivity (Wildman–Crippen MR) is 117 cm³/mol. The van der Waals surface area contributed by atoms with E-state index < -0.39 is 0 Å². The van der Waals surface area contributed by atoms with Crippen molar-refractivity contribution in [1.29, 1.82) is 0 Å². The van der Waals surface area contributed by atoms with Crippen molar-refractivity contribution in [1.82, 2.24) is 20.9 Å². The highest BCUT2D eigenvalue weighted by Gasteiger charge is 2.17. The van der Waals surface area contributed by atoms with Gasteiger partial charge in [0.15, 0.2) is 5.96 Å². The molecule has 1 fully saturated rings. The smallest absolute Gasteiger partial charge is 0.242 e. The number of carbonyl (C=O) groups is 1. The lowest BCUT2D eigenvalue weighted by molar-refractivity contribution is -0.121. The van der Waals surface area contributed by atoms with Gasteiger partial charge in [-0.2, -0.15) is 0 Å². The molecule has 0 aromatic heterocycles. The Morgan fingerprint density at radius 2 is 1.96 bits per heavy atom. The van der Waals surface area contributed by atoms with Crippen molar-refractivity contribution in [2.75, 3.05) is 32.7 Å². The van der Waals surface area contributed by atoms with Crippen molar-refractivity contribution in [2.45, 2.75) is 71.9 Å². The lowest BCUT2D eigenvalue weighted by Gasteiger charge is -2.33. The number of hydrogen-bond donors (Lipinski definition) is 3. The topological polar surface area (TPSA) is 68.8 Å². The molecule has 1 rings (SSSR count). The fraction of sp³-hybridized carbons (Fsp3) is 0.889. The molecule has 1 aliphatic heterocycles. The number of rotatable bonds is 7. The van der Waals surface area contributed by atoms with Crippen LogP contribution in [0.25, 0.3) is 0 Å². The highest BCUT2D eigenvalue weighted by atomic mass is 127. The molecule has 0 aromatic carbocycles. The Bertz CT molecular complexity index is 409. The van der Waals surface area contributed by atoms with E-state index >= 15 is 0 Å². The molecule has 1 heterocycles. The summed E-state index contributed by atoms with van der Waals surface area (Å²) < 4.78 is 0. The first-order valence-electron chi connectivity index (χ1n) is 9.39. The van der Waals surface area contributed by atoms with E-state index in [9.17, 15) is 4.79 Å². The van der Waals surface area contributed by atoms with Crippen LogP contribution in [-0.2, 0) is 4.79 Å². The molecule has 0 radical (unpaired) electrons. The molecular weight excluding hydrogens is 429 g/mol. The summed E-state index contributed by atoms with van der Waals surface area (Å²) in [5.41, 5.74) is -0.219. The van der Waals surface area contributed by atoms with E-state index in [0.29, 0.717) is 12.0 Å². The van der Waals surface area contributed by atoms with E-state index in [-0.39, 0.29) is 42.0 Å². The number of piperidine rings is 1. The summed E-state index contributed by atoms with van der Waals surface area (Å²) in [5.74, 6) is 0.662. The van der Waals surface area contributed by atoms with Gasteiger partial charge in [-0.15, -0.1) is 24.0 Å². The highest BCUT2D eigenvalue weighted by molar-refractivity contribution is 14.0. The second kappa shape index (κ2) is 12.7. The monoisotopic (exact) mass is 467 g/mol. The van der Waals surface area contributed by atoms with Gasteiger partial charge < -0.3 is 20.9 Å². The summed E-state index contributed by atoms with van der Waals surface area (Å²) in [6, 6.07) is 0.710. The summed E-state index contributed by atoms with van der Waals surface area (Å²) in [5, 5.41) is 9.44. The van der Waals surface area contributed by atoms with Gasteiger partial charge in [-0.05, 0) is 60.4 Å². The summed E-state index contributed by atoms with van der Waals surface area (Å²) in [6.07, 6.45) is 5.10. The van der Waals surface area contributed by atoms with Gasteiger partial charge >= 0.3 is 0 Å². The van der Waals surface area contributed by atoms with Crippen molar-refractivity contribution in [3.05, 3.63) is 0 Å². The Kier molecular flexibility index (Phi) is 12.4. The summed E-state index contributed by atoms with van der Waals surface area (Å²) >= 11 is 0. The summed E-state index contributed by atoms with van der Waals surface area (Å²) in [7, 11) is 0. The van der Waals surface area contributed by atoms with E-state index in [2.05, 4.69) is 32.8 Å². The molecule has 0 bridgehead atoms. The van der Waals surface area contributed by atoms with E-state index in [1.54, 1.807) is 0 Å². The van der Waals surface area contributed by atoms with Gasteiger partial charge in [0.25, 0.3) is 0 Å². The SMILES string of the molecule is CCNC(=NCC(=O)NC(C)(C)C)NCCCN1CCCCC1C.I. The van der Waals surface area contributed by atoms with Crippen LogP contribution in [0.15, 0.2) is 4.99 Å². The first-order chi connectivity index (χ1) is 11.3. The van der Waals surface area contributed by atoms with Crippen LogP contribution in [0.1, 0.15) is 60.3 Å². The Balaban J connectivity index is 0.00000576. The minimum Gasteiger partial charge on any atom is -0.357 e. The quantitative estimate of drug-likeness (QED) is 0.233. The molecule has 1 saturated heterocycles. The fourth-order valence-electron chi connectivity index (χ4n) is 2.93. The largest absolute Gasteiger partial charge is 0.357 e. The van der Waals surface area contributed by atoms with Crippen LogP contribution in [0.3, 0.4) is 0 Å². The maximum atomic E-state index is 11.9. The third kappa shape index (κ3) is 11.6. The number of hydrogen-bond acceptors (Lipinski definition) is 3. The number of likely N-dealkylation sites (tertiary alicyclic amines) is 1. The third-order valence-corrected chi connectivity index (χ3v) is 4.09. The Labute approximate surface area is 171 Å². The van der Waals surface area contributed by atoms with Gasteiger partial charge in [0.1, 0.15) is 6.54 Å². The molecule has 0 saturated carbocycles. The Morgan fingerprint density at radius 1 is 1.24 bits per heavy atom. The predicted octanol–water partition coefficient (Wildman–Crippen LogP) is 2.34. The molecule has 1 atom stereocenters.